The van der Waals surface area contributed by atoms with Gasteiger partial charge in [-0.05, 0) is 93.8 Å². The fraction of sp³-hybridized carbons (Fsp3) is 0.483. The highest BCUT2D eigenvalue weighted by Crippen LogP contribution is 2.43. The van der Waals surface area contributed by atoms with Crippen LogP contribution in [-0.2, 0) is 5.54 Å². The maximum Gasteiger partial charge on any atom is 0.317 e. The van der Waals surface area contributed by atoms with Gasteiger partial charge >= 0.3 is 6.03 Å². The molecule has 0 bridgehead atoms. The molecular formula is C29H37ClN4O. The van der Waals surface area contributed by atoms with Crippen LogP contribution in [0.2, 0.25) is 5.02 Å². The molecule has 186 valence electrons. The van der Waals surface area contributed by atoms with Crippen LogP contribution in [-0.4, -0.2) is 54.5 Å². The molecule has 3 aromatic rings. The number of aromatic amines is 1. The molecule has 0 radical (unpaired) electrons. The van der Waals surface area contributed by atoms with Crippen molar-refractivity contribution >= 4 is 28.5 Å². The van der Waals surface area contributed by atoms with Crippen molar-refractivity contribution in [3.63, 3.8) is 0 Å². The Morgan fingerprint density at radius 1 is 1.09 bits per heavy atom. The summed E-state index contributed by atoms with van der Waals surface area (Å²) in [6, 6.07) is 17.0. The van der Waals surface area contributed by atoms with Gasteiger partial charge < -0.3 is 15.2 Å². The van der Waals surface area contributed by atoms with E-state index in [1.165, 1.54) is 16.5 Å². The molecule has 0 unspecified atom stereocenters. The number of carbonyl (C=O) groups is 1. The van der Waals surface area contributed by atoms with Crippen molar-refractivity contribution in [3.05, 3.63) is 70.9 Å². The van der Waals surface area contributed by atoms with E-state index in [1.54, 1.807) is 0 Å². The van der Waals surface area contributed by atoms with Gasteiger partial charge in [0.15, 0.2) is 0 Å². The highest BCUT2D eigenvalue weighted by atomic mass is 35.5. The fourth-order valence-corrected chi connectivity index (χ4v) is 6.46. The van der Waals surface area contributed by atoms with Crippen LogP contribution >= 0.6 is 11.6 Å². The normalized spacial score (nSPS) is 23.7. The third-order valence-electron chi connectivity index (χ3n) is 8.54. The first kappa shape index (κ1) is 24.2. The number of piperidine rings is 1. The lowest BCUT2D eigenvalue weighted by Gasteiger charge is -2.45. The van der Waals surface area contributed by atoms with E-state index < -0.39 is 0 Å². The molecule has 1 aromatic heterocycles. The molecule has 5 rings (SSSR count). The molecule has 2 aliphatic rings. The van der Waals surface area contributed by atoms with E-state index in [4.69, 9.17) is 11.6 Å². The average Bonchev–Trinajstić information content (AvgIpc) is 3.31. The van der Waals surface area contributed by atoms with Crippen LogP contribution in [0, 0.1) is 5.92 Å². The number of halogens is 1. The zero-order chi connectivity index (χ0) is 24.4. The van der Waals surface area contributed by atoms with Crippen LogP contribution < -0.4 is 5.32 Å². The van der Waals surface area contributed by atoms with Crippen LogP contribution in [0.3, 0.4) is 0 Å². The maximum absolute atomic E-state index is 12.9. The van der Waals surface area contributed by atoms with Crippen molar-refractivity contribution in [2.24, 2.45) is 5.92 Å². The van der Waals surface area contributed by atoms with Gasteiger partial charge in [-0.15, -0.1) is 0 Å². The molecule has 1 saturated carbocycles. The fourth-order valence-electron chi connectivity index (χ4n) is 6.29. The predicted octanol–water partition coefficient (Wildman–Crippen LogP) is 6.36. The van der Waals surface area contributed by atoms with Crippen molar-refractivity contribution in [3.8, 4) is 0 Å². The first-order valence-electron chi connectivity index (χ1n) is 13.0. The number of fused-ring (bicyclic) bond motifs is 1. The van der Waals surface area contributed by atoms with Gasteiger partial charge in [-0.1, -0.05) is 41.9 Å². The molecule has 2 heterocycles. The maximum atomic E-state index is 12.9. The summed E-state index contributed by atoms with van der Waals surface area (Å²) >= 11 is 6.23. The average molecular weight is 493 g/mol. The van der Waals surface area contributed by atoms with Crippen molar-refractivity contribution in [2.75, 3.05) is 33.7 Å². The quantitative estimate of drug-likeness (QED) is 0.435. The lowest BCUT2D eigenvalue weighted by Crippen LogP contribution is -2.48. The second kappa shape index (κ2) is 10.2. The van der Waals surface area contributed by atoms with Crippen LogP contribution in [0.25, 0.3) is 10.9 Å². The van der Waals surface area contributed by atoms with Gasteiger partial charge in [0.1, 0.15) is 0 Å². The first-order valence-corrected chi connectivity index (χ1v) is 13.4. The number of carbonyl (C=O) groups excluding carboxylic acids is 1. The van der Waals surface area contributed by atoms with Crippen molar-refractivity contribution in [1.29, 1.82) is 0 Å². The molecule has 0 atom stereocenters. The minimum atomic E-state index is 0.0953. The summed E-state index contributed by atoms with van der Waals surface area (Å²) in [5.41, 5.74) is 3.97. The number of amides is 2. The third kappa shape index (κ3) is 4.94. The van der Waals surface area contributed by atoms with Crippen LogP contribution in [0.1, 0.15) is 55.6 Å². The Bertz CT molecular complexity index is 1140. The molecule has 35 heavy (non-hydrogen) atoms. The van der Waals surface area contributed by atoms with Crippen molar-refractivity contribution in [2.45, 2.75) is 50.0 Å². The SMILES string of the molecule is CN(C)C1(c2ccccc2)CCC(CNC(=O)N2CCC(c3c[nH]c4ccc(Cl)cc34)CC2)CC1. The van der Waals surface area contributed by atoms with E-state index in [0.29, 0.717) is 11.8 Å². The molecule has 2 N–H and O–H groups in total. The Morgan fingerprint density at radius 3 is 2.49 bits per heavy atom. The number of rotatable bonds is 5. The van der Waals surface area contributed by atoms with Gasteiger partial charge in [-0.25, -0.2) is 4.79 Å². The minimum absolute atomic E-state index is 0.0953. The zero-order valence-corrected chi connectivity index (χ0v) is 21.7. The van der Waals surface area contributed by atoms with E-state index in [1.807, 2.05) is 17.0 Å². The number of H-pyrrole nitrogens is 1. The number of nitrogens with one attached hydrogen (secondary N) is 2. The van der Waals surface area contributed by atoms with E-state index in [2.05, 4.69) is 71.9 Å². The molecule has 1 aliphatic carbocycles. The highest BCUT2D eigenvalue weighted by molar-refractivity contribution is 6.31. The number of urea groups is 1. The lowest BCUT2D eigenvalue weighted by atomic mass is 9.72. The van der Waals surface area contributed by atoms with Gasteiger partial charge in [-0.2, -0.15) is 0 Å². The van der Waals surface area contributed by atoms with Gasteiger partial charge in [0.2, 0.25) is 0 Å². The van der Waals surface area contributed by atoms with E-state index >= 15 is 0 Å². The van der Waals surface area contributed by atoms with E-state index in [-0.39, 0.29) is 11.6 Å². The standard InChI is InChI=1S/C29H37ClN4O/c1-33(2)29(23-6-4-3-5-7-23)14-10-21(11-15-29)19-32-28(35)34-16-12-22(13-17-34)26-20-31-27-9-8-24(30)18-25(26)27/h3-9,18,20-22,31H,10-17,19H2,1-2H3,(H,32,35). The molecule has 2 aromatic carbocycles. The van der Waals surface area contributed by atoms with Crippen LogP contribution in [0.5, 0.6) is 0 Å². The van der Waals surface area contributed by atoms with Gasteiger partial charge in [0.05, 0.1) is 0 Å². The summed E-state index contributed by atoms with van der Waals surface area (Å²) < 4.78 is 0. The molecule has 0 spiro atoms. The Balaban J connectivity index is 1.11. The molecule has 6 heteroatoms. The Morgan fingerprint density at radius 2 is 1.80 bits per heavy atom. The van der Waals surface area contributed by atoms with E-state index in [0.717, 1.165) is 68.7 Å². The second-order valence-electron chi connectivity index (χ2n) is 10.6. The summed E-state index contributed by atoms with van der Waals surface area (Å²) in [6.07, 6.45) is 8.62. The second-order valence-corrected chi connectivity index (χ2v) is 11.1. The first-order chi connectivity index (χ1) is 17.0. The van der Waals surface area contributed by atoms with Gasteiger partial charge in [0.25, 0.3) is 0 Å². The number of aromatic nitrogens is 1. The Kier molecular flexibility index (Phi) is 7.08. The number of hydrogen-bond acceptors (Lipinski definition) is 2. The van der Waals surface area contributed by atoms with Gasteiger partial charge in [-0.3, -0.25) is 4.90 Å². The smallest absolute Gasteiger partial charge is 0.317 e. The highest BCUT2D eigenvalue weighted by Gasteiger charge is 2.38. The van der Waals surface area contributed by atoms with Gasteiger partial charge in [0, 0.05) is 47.3 Å². The monoisotopic (exact) mass is 492 g/mol. The zero-order valence-electron chi connectivity index (χ0n) is 20.9. The topological polar surface area (TPSA) is 51.4 Å². The third-order valence-corrected chi connectivity index (χ3v) is 8.77. The molecule has 2 fully saturated rings. The number of hydrogen-bond donors (Lipinski definition) is 2. The molecule has 5 nitrogen and oxygen atoms in total. The minimum Gasteiger partial charge on any atom is -0.361 e. The molecular weight excluding hydrogens is 456 g/mol. The number of nitrogens with zero attached hydrogens (tertiary/aromatic N) is 2. The summed E-state index contributed by atoms with van der Waals surface area (Å²) in [6.45, 7) is 2.37. The van der Waals surface area contributed by atoms with Crippen molar-refractivity contribution < 1.29 is 4.79 Å². The van der Waals surface area contributed by atoms with E-state index in [9.17, 15) is 4.79 Å². The lowest BCUT2D eigenvalue weighted by molar-refractivity contribution is 0.0770. The van der Waals surface area contributed by atoms with Crippen LogP contribution in [0.15, 0.2) is 54.7 Å². The molecule has 1 aliphatic heterocycles. The summed E-state index contributed by atoms with van der Waals surface area (Å²) in [5, 5.41) is 5.23. The summed E-state index contributed by atoms with van der Waals surface area (Å²) in [5.74, 6) is 1.01. The molecule has 1 saturated heterocycles. The number of likely N-dealkylation sites (tertiary alicyclic amines) is 1. The summed E-state index contributed by atoms with van der Waals surface area (Å²) in [7, 11) is 4.40. The molecule has 2 amide bonds. The summed E-state index contributed by atoms with van der Waals surface area (Å²) in [4.78, 5) is 20.7. The van der Waals surface area contributed by atoms with Crippen molar-refractivity contribution in [1.82, 2.24) is 20.1 Å². The Hall–Kier alpha value is -2.50. The Labute approximate surface area is 213 Å². The largest absolute Gasteiger partial charge is 0.361 e. The predicted molar refractivity (Wildman–Crippen MR) is 144 cm³/mol. The van der Waals surface area contributed by atoms with Crippen LogP contribution in [0.4, 0.5) is 4.79 Å². The number of benzene rings is 2.